The third kappa shape index (κ3) is 6.38. The number of benzene rings is 2. The van der Waals surface area contributed by atoms with Gasteiger partial charge in [-0.2, -0.15) is 0 Å². The topological polar surface area (TPSA) is 95.4 Å². The van der Waals surface area contributed by atoms with Crippen LogP contribution in [-0.4, -0.2) is 82.0 Å². The van der Waals surface area contributed by atoms with E-state index in [9.17, 15) is 9.59 Å². The van der Waals surface area contributed by atoms with Crippen LogP contribution in [0.4, 0.5) is 5.82 Å². The van der Waals surface area contributed by atoms with E-state index >= 15 is 0 Å². The van der Waals surface area contributed by atoms with Crippen molar-refractivity contribution in [2.75, 3.05) is 51.1 Å². The van der Waals surface area contributed by atoms with Gasteiger partial charge in [0.2, 0.25) is 5.91 Å². The Kier molecular flexibility index (Phi) is 8.51. The van der Waals surface area contributed by atoms with E-state index in [0.717, 1.165) is 30.6 Å². The van der Waals surface area contributed by atoms with E-state index in [-0.39, 0.29) is 11.8 Å². The van der Waals surface area contributed by atoms with Crippen molar-refractivity contribution in [1.82, 2.24) is 29.7 Å². The summed E-state index contributed by atoms with van der Waals surface area (Å²) in [6.07, 6.45) is 4.32. The van der Waals surface area contributed by atoms with Crippen LogP contribution >= 0.6 is 0 Å². The van der Waals surface area contributed by atoms with E-state index in [2.05, 4.69) is 39.8 Å². The lowest BCUT2D eigenvalue weighted by atomic mass is 10.2. The van der Waals surface area contributed by atoms with Gasteiger partial charge >= 0.3 is 0 Å². The van der Waals surface area contributed by atoms with Crippen LogP contribution < -0.4 is 10.6 Å². The molecule has 2 aromatic heterocycles. The van der Waals surface area contributed by atoms with E-state index in [0.29, 0.717) is 49.2 Å². The smallest absolute Gasteiger partial charge is 0.270 e. The van der Waals surface area contributed by atoms with Gasteiger partial charge in [0.1, 0.15) is 17.2 Å². The predicted molar refractivity (Wildman–Crippen MR) is 159 cm³/mol. The minimum Gasteiger partial charge on any atom is -0.368 e. The minimum absolute atomic E-state index is 0.00886. The second-order valence-corrected chi connectivity index (χ2v) is 9.90. The second-order valence-electron chi connectivity index (χ2n) is 9.90. The summed E-state index contributed by atoms with van der Waals surface area (Å²) >= 11 is 0. The Morgan fingerprint density at radius 3 is 2.33 bits per heavy atom. The molecule has 1 aliphatic heterocycles. The molecule has 9 nitrogen and oxygen atoms in total. The maximum absolute atomic E-state index is 13.7. The zero-order valence-corrected chi connectivity index (χ0v) is 23.0. The Morgan fingerprint density at radius 1 is 0.925 bits per heavy atom. The van der Waals surface area contributed by atoms with E-state index in [1.54, 1.807) is 0 Å². The maximum atomic E-state index is 13.7. The Hall–Kier alpha value is -4.50. The largest absolute Gasteiger partial charge is 0.368 e. The monoisotopic (exact) mass is 537 g/mol. The van der Waals surface area contributed by atoms with Crippen LogP contribution in [-0.2, 0) is 11.8 Å². The molecule has 9 heteroatoms. The van der Waals surface area contributed by atoms with E-state index in [4.69, 9.17) is 9.97 Å². The molecule has 1 fully saturated rings. The number of hydrogen-bond donors (Lipinski definition) is 2. The molecule has 5 rings (SSSR count). The van der Waals surface area contributed by atoms with Crippen molar-refractivity contribution < 1.29 is 9.59 Å². The summed E-state index contributed by atoms with van der Waals surface area (Å²) in [5.74, 6) is 1.12. The molecule has 0 aliphatic carbocycles. The number of nitrogens with one attached hydrogen (secondary N) is 2. The second kappa shape index (κ2) is 12.6. The lowest BCUT2D eigenvalue weighted by Gasteiger charge is -2.34. The number of aryl methyl sites for hydroxylation is 1. The Bertz CT molecular complexity index is 1490. The van der Waals surface area contributed by atoms with Crippen LogP contribution in [0, 0.1) is 0 Å². The lowest BCUT2D eigenvalue weighted by Crippen LogP contribution is -2.48. The number of rotatable bonds is 9. The van der Waals surface area contributed by atoms with Gasteiger partial charge in [-0.3, -0.25) is 14.5 Å². The molecule has 0 saturated carbocycles. The van der Waals surface area contributed by atoms with Crippen molar-refractivity contribution in [2.24, 2.45) is 7.05 Å². The number of piperazine rings is 1. The molecule has 206 valence electrons. The molecule has 0 spiro atoms. The Morgan fingerprint density at radius 2 is 1.62 bits per heavy atom. The average Bonchev–Trinajstić information content (AvgIpc) is 3.32. The van der Waals surface area contributed by atoms with Gasteiger partial charge in [0, 0.05) is 65.3 Å². The molecule has 2 N–H and O–H groups in total. The van der Waals surface area contributed by atoms with E-state index in [1.165, 1.54) is 12.5 Å². The van der Waals surface area contributed by atoms with Gasteiger partial charge in [0.25, 0.3) is 5.91 Å². The molecule has 4 aromatic rings. The summed E-state index contributed by atoms with van der Waals surface area (Å²) in [5, 5.41) is 6.90. The summed E-state index contributed by atoms with van der Waals surface area (Å²) in [6, 6.07) is 21.9. The molecule has 3 heterocycles. The zero-order chi connectivity index (χ0) is 27.9. The number of hydrogen-bond acceptors (Lipinski definition) is 6. The zero-order valence-electron chi connectivity index (χ0n) is 23.0. The predicted octanol–water partition coefficient (Wildman–Crippen LogP) is 3.65. The molecule has 0 radical (unpaired) electrons. The van der Waals surface area contributed by atoms with Gasteiger partial charge in [-0.05, 0) is 11.6 Å². The first kappa shape index (κ1) is 27.1. The van der Waals surface area contributed by atoms with Crippen LogP contribution in [0.15, 0.2) is 72.8 Å². The third-order valence-electron chi connectivity index (χ3n) is 7.06. The number of fused-ring (bicyclic) bond motifs is 1. The molecule has 40 heavy (non-hydrogen) atoms. The molecule has 0 bridgehead atoms. The number of carbonyl (C=O) groups excluding carboxylic acids is 2. The van der Waals surface area contributed by atoms with Crippen LogP contribution in [0.2, 0.25) is 0 Å². The lowest BCUT2D eigenvalue weighted by molar-refractivity contribution is -0.118. The third-order valence-corrected chi connectivity index (χ3v) is 7.06. The van der Waals surface area contributed by atoms with Crippen molar-refractivity contribution >= 4 is 34.7 Å². The number of aromatic nitrogens is 3. The highest BCUT2D eigenvalue weighted by molar-refractivity contribution is 6.01. The fourth-order valence-corrected chi connectivity index (χ4v) is 4.87. The van der Waals surface area contributed by atoms with Crippen molar-refractivity contribution in [1.29, 1.82) is 0 Å². The number of amides is 2. The average molecular weight is 538 g/mol. The van der Waals surface area contributed by atoms with Crippen molar-refractivity contribution in [3.05, 3.63) is 84.1 Å². The first-order valence-electron chi connectivity index (χ1n) is 13.6. The summed E-state index contributed by atoms with van der Waals surface area (Å²) in [6.45, 7) is 6.29. The number of nitrogens with zero attached hydrogens (tertiary/aromatic N) is 5. The molecule has 1 aliphatic rings. The highest BCUT2D eigenvalue weighted by atomic mass is 16.2. The SMILES string of the molecule is CC(=O)NCCNc1nc(-c2ccccc2)nc2c1cc(C(=O)N1CCN(C/C=C/c3ccccc3)CC1)n2C. The van der Waals surface area contributed by atoms with Gasteiger partial charge in [-0.1, -0.05) is 72.8 Å². The van der Waals surface area contributed by atoms with E-state index in [1.807, 2.05) is 71.1 Å². The normalized spacial score (nSPS) is 14.1. The number of carbonyl (C=O) groups is 2. The number of anilines is 1. The molecular weight excluding hydrogens is 502 g/mol. The molecule has 2 amide bonds. The molecule has 0 atom stereocenters. The highest BCUT2D eigenvalue weighted by Crippen LogP contribution is 2.28. The van der Waals surface area contributed by atoms with Crippen molar-refractivity contribution in [2.45, 2.75) is 6.92 Å². The van der Waals surface area contributed by atoms with Gasteiger partial charge in [-0.25, -0.2) is 9.97 Å². The fourth-order valence-electron chi connectivity index (χ4n) is 4.87. The summed E-state index contributed by atoms with van der Waals surface area (Å²) in [5.41, 5.74) is 3.34. The van der Waals surface area contributed by atoms with E-state index < -0.39 is 0 Å². The van der Waals surface area contributed by atoms with Crippen LogP contribution in [0.1, 0.15) is 23.0 Å². The quantitative estimate of drug-likeness (QED) is 0.317. The van der Waals surface area contributed by atoms with Crippen LogP contribution in [0.25, 0.3) is 28.5 Å². The summed E-state index contributed by atoms with van der Waals surface area (Å²) in [4.78, 5) is 38.9. The standard InChI is InChI=1S/C31H35N7O2/c1-23(39)32-15-16-33-29-26-22-27(36(2)30(26)35-28(34-29)25-13-7-4-8-14-25)31(40)38-20-18-37(19-21-38)17-9-12-24-10-5-3-6-11-24/h3-14,22H,15-21H2,1-2H3,(H,32,39)(H,33,34,35)/b12-9+. The fraction of sp³-hybridized carbons (Fsp3) is 0.290. The first-order valence-corrected chi connectivity index (χ1v) is 13.6. The Balaban J connectivity index is 1.32. The molecule has 2 aromatic carbocycles. The first-order chi connectivity index (χ1) is 19.5. The van der Waals surface area contributed by atoms with Gasteiger partial charge in [0.05, 0.1) is 5.39 Å². The van der Waals surface area contributed by atoms with Gasteiger partial charge in [-0.15, -0.1) is 0 Å². The maximum Gasteiger partial charge on any atom is 0.270 e. The van der Waals surface area contributed by atoms with Crippen molar-refractivity contribution in [3.8, 4) is 11.4 Å². The molecule has 1 saturated heterocycles. The minimum atomic E-state index is -0.0838. The molecular formula is C31H35N7O2. The highest BCUT2D eigenvalue weighted by Gasteiger charge is 2.26. The van der Waals surface area contributed by atoms with Gasteiger partial charge < -0.3 is 20.1 Å². The Labute approximate surface area is 234 Å². The summed E-state index contributed by atoms with van der Waals surface area (Å²) in [7, 11) is 1.88. The van der Waals surface area contributed by atoms with Crippen LogP contribution in [0.5, 0.6) is 0 Å². The van der Waals surface area contributed by atoms with Crippen LogP contribution in [0.3, 0.4) is 0 Å². The summed E-state index contributed by atoms with van der Waals surface area (Å²) < 4.78 is 1.86. The van der Waals surface area contributed by atoms with Crippen molar-refractivity contribution in [3.63, 3.8) is 0 Å². The molecule has 0 unspecified atom stereocenters. The van der Waals surface area contributed by atoms with Gasteiger partial charge in [0.15, 0.2) is 5.82 Å².